The summed E-state index contributed by atoms with van der Waals surface area (Å²) >= 11 is 0. The number of fused-ring (bicyclic) bond motifs is 2. The summed E-state index contributed by atoms with van der Waals surface area (Å²) in [5, 5.41) is 20.8. The number of ether oxygens (including phenoxy) is 1. The molecule has 2 aromatic heterocycles. The minimum Gasteiger partial charge on any atom is -0.493 e. The van der Waals surface area contributed by atoms with Gasteiger partial charge in [-0.1, -0.05) is 49.7 Å². The van der Waals surface area contributed by atoms with Crippen LogP contribution in [-0.2, 0) is 17.6 Å². The Bertz CT molecular complexity index is 1480. The second-order valence-corrected chi connectivity index (χ2v) is 8.66. The molecule has 5 aromatic rings. The van der Waals surface area contributed by atoms with Crippen molar-refractivity contribution in [3.05, 3.63) is 89.8 Å². The third-order valence-corrected chi connectivity index (χ3v) is 6.27. The number of nitrogens with one attached hydrogen (secondary N) is 1. The van der Waals surface area contributed by atoms with E-state index < -0.39 is 12.1 Å². The first kappa shape index (κ1) is 22.7. The number of benzene rings is 3. The van der Waals surface area contributed by atoms with Gasteiger partial charge >= 0.3 is 5.97 Å². The van der Waals surface area contributed by atoms with Gasteiger partial charge in [-0.25, -0.2) is 4.79 Å². The van der Waals surface area contributed by atoms with Crippen molar-refractivity contribution in [1.82, 2.24) is 4.98 Å². The molecule has 1 atom stereocenters. The number of rotatable bonds is 9. The van der Waals surface area contributed by atoms with Gasteiger partial charge in [-0.2, -0.15) is 0 Å². The quantitative estimate of drug-likeness (QED) is 0.236. The number of hydrogen-bond acceptors (Lipinski definition) is 4. The van der Waals surface area contributed by atoms with E-state index in [1.54, 1.807) is 18.2 Å². The van der Waals surface area contributed by atoms with Crippen LogP contribution in [0.3, 0.4) is 0 Å². The minimum absolute atomic E-state index is 0.359. The summed E-state index contributed by atoms with van der Waals surface area (Å²) in [6.45, 7) is 2.62. The first-order valence-corrected chi connectivity index (χ1v) is 11.8. The van der Waals surface area contributed by atoms with Gasteiger partial charge in [0.15, 0.2) is 6.10 Å². The molecule has 0 aliphatic rings. The molecule has 0 spiro atoms. The van der Waals surface area contributed by atoms with Crippen LogP contribution < -0.4 is 4.74 Å². The normalized spacial score (nSPS) is 12.3. The fraction of sp³-hybridized carbons (Fsp3) is 0.207. The van der Waals surface area contributed by atoms with Crippen molar-refractivity contribution in [1.29, 1.82) is 0 Å². The van der Waals surface area contributed by atoms with Crippen LogP contribution >= 0.6 is 0 Å². The fourth-order valence-electron chi connectivity index (χ4n) is 4.53. The number of aromatic amines is 1. The fourth-order valence-corrected chi connectivity index (χ4v) is 4.53. The van der Waals surface area contributed by atoms with Crippen LogP contribution in [0.2, 0.25) is 0 Å². The maximum absolute atomic E-state index is 11.1. The summed E-state index contributed by atoms with van der Waals surface area (Å²) in [4.78, 5) is 14.4. The summed E-state index contributed by atoms with van der Waals surface area (Å²) < 4.78 is 12.2. The SMILES string of the molecule is CCCc1c(OCCc2cc3cc(C(O)C(=O)O)ccc3[nH]2)ccc2c(-c3ccccc3)coc12. The second-order valence-electron chi connectivity index (χ2n) is 8.66. The van der Waals surface area contributed by atoms with Crippen LogP contribution in [0, 0.1) is 0 Å². The van der Waals surface area contributed by atoms with E-state index in [0.717, 1.165) is 62.8 Å². The van der Waals surface area contributed by atoms with Crippen molar-refractivity contribution >= 4 is 27.8 Å². The Morgan fingerprint density at radius 1 is 1.06 bits per heavy atom. The average molecular weight is 470 g/mol. The summed E-state index contributed by atoms with van der Waals surface area (Å²) in [7, 11) is 0. The lowest BCUT2D eigenvalue weighted by Crippen LogP contribution is -2.09. The van der Waals surface area contributed by atoms with Crippen LogP contribution in [0.1, 0.15) is 36.3 Å². The largest absolute Gasteiger partial charge is 0.493 e. The van der Waals surface area contributed by atoms with Gasteiger partial charge < -0.3 is 24.4 Å². The van der Waals surface area contributed by atoms with Crippen molar-refractivity contribution in [2.75, 3.05) is 6.61 Å². The van der Waals surface area contributed by atoms with Gasteiger partial charge in [-0.3, -0.25) is 0 Å². The van der Waals surface area contributed by atoms with E-state index in [1.165, 1.54) is 0 Å². The van der Waals surface area contributed by atoms with Gasteiger partial charge in [0.25, 0.3) is 0 Å². The molecule has 0 aliphatic heterocycles. The predicted octanol–water partition coefficient (Wildman–Crippen LogP) is 6.27. The van der Waals surface area contributed by atoms with E-state index in [-0.39, 0.29) is 0 Å². The van der Waals surface area contributed by atoms with Gasteiger partial charge in [-0.05, 0) is 47.9 Å². The average Bonchev–Trinajstić information content (AvgIpc) is 3.49. The smallest absolute Gasteiger partial charge is 0.337 e. The number of carboxylic acids is 1. The van der Waals surface area contributed by atoms with Gasteiger partial charge in [0.1, 0.15) is 11.3 Å². The standard InChI is InChI=1S/C29H27NO5/c1-2-6-23-26(12-10-22-24(17-35-28(22)23)18-7-4-3-5-8-18)34-14-13-21-16-20-15-19(27(31)29(32)33)9-11-25(20)30-21/h3-5,7-12,15-17,27,30-31H,2,6,13-14H2,1H3,(H,32,33). The molecule has 3 N–H and O–H groups in total. The number of aliphatic hydroxyl groups excluding tert-OH is 1. The first-order chi connectivity index (χ1) is 17.0. The van der Waals surface area contributed by atoms with Crippen molar-refractivity contribution in [2.24, 2.45) is 0 Å². The third kappa shape index (κ3) is 4.53. The number of aliphatic hydroxyl groups is 1. The summed E-state index contributed by atoms with van der Waals surface area (Å²) in [5.41, 5.74) is 6.38. The monoisotopic (exact) mass is 469 g/mol. The number of aliphatic carboxylic acids is 1. The Kier molecular flexibility index (Phi) is 6.29. The van der Waals surface area contributed by atoms with Crippen molar-refractivity contribution < 1.29 is 24.2 Å². The van der Waals surface area contributed by atoms with Crippen LogP contribution in [0.4, 0.5) is 0 Å². The second kappa shape index (κ2) is 9.68. The zero-order valence-electron chi connectivity index (χ0n) is 19.5. The number of H-pyrrole nitrogens is 1. The molecule has 5 rings (SSSR count). The molecule has 0 bridgehead atoms. The molecule has 3 aromatic carbocycles. The van der Waals surface area contributed by atoms with Crippen molar-refractivity contribution in [2.45, 2.75) is 32.3 Å². The molecular weight excluding hydrogens is 442 g/mol. The van der Waals surface area contributed by atoms with E-state index in [2.05, 4.69) is 30.1 Å². The lowest BCUT2D eigenvalue weighted by molar-refractivity contribution is -0.146. The van der Waals surface area contributed by atoms with E-state index >= 15 is 0 Å². The van der Waals surface area contributed by atoms with Gasteiger partial charge in [0.05, 0.1) is 12.9 Å². The Balaban J connectivity index is 1.34. The zero-order valence-corrected chi connectivity index (χ0v) is 19.5. The van der Waals surface area contributed by atoms with E-state index in [9.17, 15) is 9.90 Å². The number of aromatic nitrogens is 1. The number of hydrogen-bond donors (Lipinski definition) is 3. The Morgan fingerprint density at radius 2 is 1.89 bits per heavy atom. The molecule has 6 nitrogen and oxygen atoms in total. The summed E-state index contributed by atoms with van der Waals surface area (Å²) in [6.07, 6.45) is 2.78. The summed E-state index contributed by atoms with van der Waals surface area (Å²) in [6, 6.07) is 21.4. The number of furan rings is 1. The molecule has 178 valence electrons. The molecule has 1 unspecified atom stereocenters. The number of carbonyl (C=O) groups is 1. The Hall–Kier alpha value is -4.03. The highest BCUT2D eigenvalue weighted by molar-refractivity contribution is 5.96. The molecule has 6 heteroatoms. The van der Waals surface area contributed by atoms with Crippen LogP contribution in [0.15, 0.2) is 77.4 Å². The minimum atomic E-state index is -1.53. The number of carboxylic acid groups (broad SMARTS) is 1. The maximum Gasteiger partial charge on any atom is 0.337 e. The molecule has 0 amide bonds. The first-order valence-electron chi connectivity index (χ1n) is 11.8. The van der Waals surface area contributed by atoms with Crippen molar-refractivity contribution in [3.63, 3.8) is 0 Å². The molecular formula is C29H27NO5. The highest BCUT2D eigenvalue weighted by atomic mass is 16.5. The Morgan fingerprint density at radius 3 is 2.66 bits per heavy atom. The van der Waals surface area contributed by atoms with Gasteiger partial charge in [-0.15, -0.1) is 0 Å². The predicted molar refractivity (Wildman–Crippen MR) is 136 cm³/mol. The van der Waals surface area contributed by atoms with E-state index in [0.29, 0.717) is 18.6 Å². The van der Waals surface area contributed by atoms with Crippen molar-refractivity contribution in [3.8, 4) is 16.9 Å². The maximum atomic E-state index is 11.1. The topological polar surface area (TPSA) is 95.7 Å². The van der Waals surface area contributed by atoms with Gasteiger partial charge in [0.2, 0.25) is 0 Å². The molecule has 0 saturated carbocycles. The molecule has 2 heterocycles. The molecule has 0 aliphatic carbocycles. The van der Waals surface area contributed by atoms with Gasteiger partial charge in [0, 0.05) is 39.5 Å². The molecule has 0 radical (unpaired) electrons. The molecule has 0 saturated heterocycles. The van der Waals surface area contributed by atoms with Crippen LogP contribution in [0.25, 0.3) is 33.0 Å². The summed E-state index contributed by atoms with van der Waals surface area (Å²) in [5.74, 6) is -0.433. The Labute approximate surface area is 202 Å². The molecule has 35 heavy (non-hydrogen) atoms. The highest BCUT2D eigenvalue weighted by Crippen LogP contribution is 2.37. The highest BCUT2D eigenvalue weighted by Gasteiger charge is 2.17. The zero-order chi connectivity index (χ0) is 24.4. The lowest BCUT2D eigenvalue weighted by atomic mass is 10.0. The van der Waals surface area contributed by atoms with Crippen LogP contribution in [-0.4, -0.2) is 27.8 Å². The van der Waals surface area contributed by atoms with E-state index in [4.69, 9.17) is 14.3 Å². The third-order valence-electron chi connectivity index (χ3n) is 6.27. The molecule has 0 fully saturated rings. The number of aryl methyl sites for hydroxylation is 1. The van der Waals surface area contributed by atoms with Crippen LogP contribution in [0.5, 0.6) is 5.75 Å². The lowest BCUT2D eigenvalue weighted by Gasteiger charge is -2.12. The van der Waals surface area contributed by atoms with E-state index in [1.807, 2.05) is 36.6 Å².